The van der Waals surface area contributed by atoms with E-state index in [1.807, 2.05) is 19.1 Å². The highest BCUT2D eigenvalue weighted by molar-refractivity contribution is 6.61. The maximum atomic E-state index is 12.3. The second kappa shape index (κ2) is 4.22. The number of aryl methyl sites for hydroxylation is 1. The second-order valence-corrected chi connectivity index (χ2v) is 4.90. The lowest BCUT2D eigenvalue weighted by Crippen LogP contribution is -2.54. The first-order valence-electron chi connectivity index (χ1n) is 6.18. The van der Waals surface area contributed by atoms with E-state index >= 15 is 0 Å². The number of nitrogens with zero attached hydrogens (tertiary/aromatic N) is 1. The van der Waals surface area contributed by atoms with Gasteiger partial charge in [-0.3, -0.25) is 19.7 Å². The first kappa shape index (κ1) is 12.0. The Labute approximate surface area is 111 Å². The van der Waals surface area contributed by atoms with Crippen molar-refractivity contribution >= 4 is 30.6 Å². The molecule has 6 heteroatoms. The minimum absolute atomic E-state index is 0.176. The number of rotatable bonds is 1. The Morgan fingerprint density at radius 1 is 1.32 bits per heavy atom. The van der Waals surface area contributed by atoms with Crippen LogP contribution < -0.4 is 10.8 Å². The van der Waals surface area contributed by atoms with Crippen molar-refractivity contribution in [2.24, 2.45) is 0 Å². The van der Waals surface area contributed by atoms with Crippen LogP contribution in [-0.2, 0) is 9.59 Å². The monoisotopic (exact) mass is 255 g/mol. The van der Waals surface area contributed by atoms with Crippen LogP contribution in [0.15, 0.2) is 18.2 Å². The topological polar surface area (TPSA) is 66.5 Å². The molecule has 2 aliphatic rings. The molecule has 95 valence electrons. The predicted molar refractivity (Wildman–Crippen MR) is 68.9 cm³/mol. The van der Waals surface area contributed by atoms with Gasteiger partial charge < -0.3 is 4.81 Å². The van der Waals surface area contributed by atoms with Crippen molar-refractivity contribution < 1.29 is 14.4 Å². The van der Waals surface area contributed by atoms with Crippen molar-refractivity contribution in [1.82, 2.24) is 10.1 Å². The summed E-state index contributed by atoms with van der Waals surface area (Å²) in [7, 11) is 1.70. The molecule has 3 rings (SSSR count). The number of imide groups is 1. The molecule has 1 radical (unpaired) electrons. The highest BCUT2D eigenvalue weighted by atomic mass is 16.2. The van der Waals surface area contributed by atoms with Crippen LogP contribution in [0, 0.1) is 6.92 Å². The quantitative estimate of drug-likeness (QED) is 0.543. The highest BCUT2D eigenvalue weighted by Crippen LogP contribution is 2.19. The number of amides is 3. The largest absolute Gasteiger partial charge is 0.371 e. The number of benzene rings is 1. The molecule has 0 aliphatic carbocycles. The molecule has 0 bridgehead atoms. The van der Waals surface area contributed by atoms with Crippen molar-refractivity contribution in [3.8, 4) is 0 Å². The molecule has 1 unspecified atom stereocenters. The highest BCUT2D eigenvalue weighted by Gasteiger charge is 2.39. The van der Waals surface area contributed by atoms with Gasteiger partial charge in [0.25, 0.3) is 7.41 Å². The second-order valence-electron chi connectivity index (χ2n) is 4.90. The molecule has 19 heavy (non-hydrogen) atoms. The Balaban J connectivity index is 1.87. The minimum Gasteiger partial charge on any atom is -0.371 e. The summed E-state index contributed by atoms with van der Waals surface area (Å²) < 4.78 is 0. The van der Waals surface area contributed by atoms with Crippen LogP contribution in [0.4, 0.5) is 0 Å². The molecule has 0 spiro atoms. The Bertz CT molecular complexity index is 600. The molecule has 5 nitrogen and oxygen atoms in total. The summed E-state index contributed by atoms with van der Waals surface area (Å²) in [6.45, 7) is 1.95. The summed E-state index contributed by atoms with van der Waals surface area (Å²) in [6, 6.07) is 4.98. The van der Waals surface area contributed by atoms with E-state index in [9.17, 15) is 14.4 Å². The minimum atomic E-state index is -0.585. The molecule has 0 aromatic heterocycles. The zero-order chi connectivity index (χ0) is 13.6. The summed E-state index contributed by atoms with van der Waals surface area (Å²) >= 11 is 0. The van der Waals surface area contributed by atoms with Gasteiger partial charge in [0.2, 0.25) is 17.7 Å². The van der Waals surface area contributed by atoms with Crippen LogP contribution >= 0.6 is 0 Å². The molecule has 3 amide bonds. The molecule has 1 N–H and O–H groups in total. The number of piperidine rings is 1. The van der Waals surface area contributed by atoms with Crippen LogP contribution in [0.25, 0.3) is 0 Å². The third-order valence-electron chi connectivity index (χ3n) is 3.50. The van der Waals surface area contributed by atoms with Crippen LogP contribution in [0.3, 0.4) is 0 Å². The van der Waals surface area contributed by atoms with Crippen LogP contribution in [-0.4, -0.2) is 36.0 Å². The maximum Gasteiger partial charge on any atom is 0.290 e. The third kappa shape index (κ3) is 1.93. The first-order chi connectivity index (χ1) is 9.06. The van der Waals surface area contributed by atoms with Gasteiger partial charge in [0.1, 0.15) is 0 Å². The SMILES string of the molecule is Cc1ccc2c(c1)[B]N(C1CCC(=O)NC1=O)C2=O. The molecule has 1 saturated heterocycles. The summed E-state index contributed by atoms with van der Waals surface area (Å²) in [6.07, 6.45) is 0.642. The van der Waals surface area contributed by atoms with Crippen molar-refractivity contribution in [3.05, 3.63) is 29.3 Å². The van der Waals surface area contributed by atoms with Gasteiger partial charge in [-0.05, 0) is 24.9 Å². The van der Waals surface area contributed by atoms with Gasteiger partial charge in [0.05, 0.1) is 6.04 Å². The number of carbonyl (C=O) groups excluding carboxylic acids is 3. The lowest BCUT2D eigenvalue weighted by molar-refractivity contribution is -0.135. The number of hydrogen-bond acceptors (Lipinski definition) is 3. The fourth-order valence-corrected chi connectivity index (χ4v) is 2.51. The maximum absolute atomic E-state index is 12.3. The Morgan fingerprint density at radius 3 is 2.84 bits per heavy atom. The summed E-state index contributed by atoms with van der Waals surface area (Å²) in [5, 5.41) is 2.27. The van der Waals surface area contributed by atoms with E-state index in [2.05, 4.69) is 5.32 Å². The van der Waals surface area contributed by atoms with Crippen molar-refractivity contribution in [3.63, 3.8) is 0 Å². The molecule has 1 atom stereocenters. The molecule has 0 saturated carbocycles. The lowest BCUT2D eigenvalue weighted by Gasteiger charge is -2.29. The lowest BCUT2D eigenvalue weighted by atomic mass is 9.80. The molecular weight excluding hydrogens is 243 g/mol. The average molecular weight is 255 g/mol. The van der Waals surface area contributed by atoms with E-state index in [0.717, 1.165) is 11.0 Å². The standard InChI is InChI=1S/C13H12BN2O3/c1-7-2-3-8-9(6-7)14-16(13(8)19)10-4-5-11(17)15-12(10)18/h2-3,6,10H,4-5H2,1H3,(H,15,17,18). The van der Waals surface area contributed by atoms with E-state index in [1.165, 1.54) is 4.81 Å². The van der Waals surface area contributed by atoms with E-state index in [4.69, 9.17) is 0 Å². The van der Waals surface area contributed by atoms with Gasteiger partial charge in [0.15, 0.2) is 0 Å². The Kier molecular flexibility index (Phi) is 2.66. The smallest absolute Gasteiger partial charge is 0.290 e. The van der Waals surface area contributed by atoms with E-state index < -0.39 is 11.9 Å². The molecule has 1 aromatic rings. The fourth-order valence-electron chi connectivity index (χ4n) is 2.51. The Hall–Kier alpha value is -2.11. The van der Waals surface area contributed by atoms with Gasteiger partial charge in [-0.2, -0.15) is 0 Å². The van der Waals surface area contributed by atoms with E-state index in [1.54, 1.807) is 13.5 Å². The number of carbonyl (C=O) groups is 3. The van der Waals surface area contributed by atoms with Crippen molar-refractivity contribution in [1.29, 1.82) is 0 Å². The zero-order valence-corrected chi connectivity index (χ0v) is 10.5. The fraction of sp³-hybridized carbons (Fsp3) is 0.308. The number of hydrogen-bond donors (Lipinski definition) is 1. The first-order valence-corrected chi connectivity index (χ1v) is 6.18. The molecule has 2 aliphatic heterocycles. The Morgan fingerprint density at radius 2 is 2.11 bits per heavy atom. The number of fused-ring (bicyclic) bond motifs is 1. The predicted octanol–water partition coefficient (Wildman–Crippen LogP) is -0.499. The van der Waals surface area contributed by atoms with Crippen LogP contribution in [0.1, 0.15) is 28.8 Å². The van der Waals surface area contributed by atoms with Crippen LogP contribution in [0.5, 0.6) is 0 Å². The molecular formula is C13H12BN2O3. The summed E-state index contributed by atoms with van der Waals surface area (Å²) in [5.74, 6) is -0.851. The third-order valence-corrected chi connectivity index (χ3v) is 3.50. The van der Waals surface area contributed by atoms with Crippen molar-refractivity contribution in [2.45, 2.75) is 25.8 Å². The van der Waals surface area contributed by atoms with E-state index in [0.29, 0.717) is 12.0 Å². The summed E-state index contributed by atoms with van der Waals surface area (Å²) in [4.78, 5) is 36.6. The van der Waals surface area contributed by atoms with Crippen molar-refractivity contribution in [2.75, 3.05) is 0 Å². The molecule has 1 aromatic carbocycles. The van der Waals surface area contributed by atoms with E-state index in [-0.39, 0.29) is 18.2 Å². The van der Waals surface area contributed by atoms with Gasteiger partial charge >= 0.3 is 0 Å². The molecule has 1 fully saturated rings. The normalized spacial score (nSPS) is 22.1. The van der Waals surface area contributed by atoms with Gasteiger partial charge in [-0.1, -0.05) is 17.7 Å². The average Bonchev–Trinajstić information content (AvgIpc) is 2.66. The van der Waals surface area contributed by atoms with Gasteiger partial charge in [-0.15, -0.1) is 0 Å². The van der Waals surface area contributed by atoms with Gasteiger partial charge in [0, 0.05) is 12.0 Å². The summed E-state index contributed by atoms with van der Waals surface area (Å²) in [5.41, 5.74) is 2.50. The van der Waals surface area contributed by atoms with Gasteiger partial charge in [-0.25, -0.2) is 0 Å². The van der Waals surface area contributed by atoms with Crippen LogP contribution in [0.2, 0.25) is 0 Å². The number of nitrogens with one attached hydrogen (secondary N) is 1. The zero-order valence-electron chi connectivity index (χ0n) is 10.5. The molecule has 2 heterocycles.